The number of allylic oxidation sites excluding steroid dienone is 1. The van der Waals surface area contributed by atoms with Gasteiger partial charge in [0.05, 0.1) is 10.2 Å². The minimum atomic E-state index is -4.27. The van der Waals surface area contributed by atoms with E-state index in [2.05, 4.69) is 22.2 Å². The fourth-order valence-corrected chi connectivity index (χ4v) is 5.45. The molecule has 1 atom stereocenters. The number of benzene rings is 1. The molecule has 3 nitrogen and oxygen atoms in total. The van der Waals surface area contributed by atoms with Gasteiger partial charge in [-0.05, 0) is 31.0 Å². The number of halogens is 3. The van der Waals surface area contributed by atoms with E-state index in [4.69, 9.17) is 0 Å². The van der Waals surface area contributed by atoms with Crippen molar-refractivity contribution in [3.63, 3.8) is 0 Å². The number of nitrogens with one attached hydrogen (secondary N) is 2. The van der Waals surface area contributed by atoms with Gasteiger partial charge in [-0.25, -0.2) is 4.98 Å². The van der Waals surface area contributed by atoms with E-state index in [-0.39, 0.29) is 13.0 Å². The molecular formula is C18H16F3N3S2. The van der Waals surface area contributed by atoms with Crippen LogP contribution in [0.3, 0.4) is 0 Å². The molecule has 1 aliphatic heterocycles. The van der Waals surface area contributed by atoms with Gasteiger partial charge in [0.2, 0.25) is 0 Å². The van der Waals surface area contributed by atoms with Gasteiger partial charge in [-0.15, -0.1) is 22.7 Å². The largest absolute Gasteiger partial charge is 0.404 e. The highest BCUT2D eigenvalue weighted by atomic mass is 32.1. The van der Waals surface area contributed by atoms with Crippen LogP contribution in [0.2, 0.25) is 0 Å². The number of anilines is 1. The lowest BCUT2D eigenvalue weighted by Gasteiger charge is -2.26. The zero-order chi connectivity index (χ0) is 18.5. The van der Waals surface area contributed by atoms with Crippen LogP contribution in [0.5, 0.6) is 0 Å². The van der Waals surface area contributed by atoms with Crippen molar-refractivity contribution in [1.82, 2.24) is 10.3 Å². The third-order valence-electron chi connectivity index (χ3n) is 4.24. The Hall–Kier alpha value is -1.90. The number of hydrogen-bond donors (Lipinski definition) is 2. The van der Waals surface area contributed by atoms with Crippen molar-refractivity contribution >= 4 is 37.9 Å². The van der Waals surface area contributed by atoms with Gasteiger partial charge < -0.3 is 10.6 Å². The number of nitrogens with zero attached hydrogens (tertiary/aromatic N) is 1. The highest BCUT2D eigenvalue weighted by Crippen LogP contribution is 2.46. The minimum Gasteiger partial charge on any atom is -0.351 e. The van der Waals surface area contributed by atoms with Crippen LogP contribution in [-0.4, -0.2) is 17.2 Å². The van der Waals surface area contributed by atoms with Crippen molar-refractivity contribution in [1.29, 1.82) is 0 Å². The first-order valence-corrected chi connectivity index (χ1v) is 9.69. The molecule has 2 N–H and O–H groups in total. The molecule has 0 radical (unpaired) electrons. The Morgan fingerprint density at radius 2 is 2.08 bits per heavy atom. The number of fused-ring (bicyclic) bond motifs is 2. The number of hydrogen-bond acceptors (Lipinski definition) is 5. The zero-order valence-corrected chi connectivity index (χ0v) is 15.5. The second-order valence-electron chi connectivity index (χ2n) is 6.28. The molecule has 136 valence electrons. The smallest absolute Gasteiger partial charge is 0.351 e. The van der Waals surface area contributed by atoms with Gasteiger partial charge >= 0.3 is 6.18 Å². The van der Waals surface area contributed by atoms with Crippen LogP contribution in [0.15, 0.2) is 36.5 Å². The summed E-state index contributed by atoms with van der Waals surface area (Å²) in [5.74, 6) is 0. The van der Waals surface area contributed by atoms with E-state index < -0.39 is 12.2 Å². The van der Waals surface area contributed by atoms with Crippen molar-refractivity contribution in [2.45, 2.75) is 32.1 Å². The molecule has 0 aliphatic carbocycles. The van der Waals surface area contributed by atoms with Crippen LogP contribution in [0.4, 0.5) is 18.2 Å². The summed E-state index contributed by atoms with van der Waals surface area (Å²) in [5, 5.41) is 7.37. The summed E-state index contributed by atoms with van der Waals surface area (Å²) in [6, 6.07) is 6.20. The third-order valence-corrected chi connectivity index (χ3v) is 6.44. The molecule has 0 spiro atoms. The van der Waals surface area contributed by atoms with Crippen LogP contribution in [0.1, 0.15) is 17.4 Å². The van der Waals surface area contributed by atoms with Crippen LogP contribution < -0.4 is 10.6 Å². The summed E-state index contributed by atoms with van der Waals surface area (Å²) >= 11 is 2.97. The lowest BCUT2D eigenvalue weighted by Crippen LogP contribution is -2.46. The second kappa shape index (κ2) is 6.37. The quantitative estimate of drug-likeness (QED) is 0.611. The topological polar surface area (TPSA) is 37.0 Å². The molecule has 0 bridgehead atoms. The summed E-state index contributed by atoms with van der Waals surface area (Å²) in [6.07, 6.45) is -4.36. The second-order valence-corrected chi connectivity index (χ2v) is 8.42. The molecule has 4 rings (SSSR count). The van der Waals surface area contributed by atoms with Gasteiger partial charge in [0, 0.05) is 22.7 Å². The predicted molar refractivity (Wildman–Crippen MR) is 102 cm³/mol. The number of thiazole rings is 1. The van der Waals surface area contributed by atoms with Crippen molar-refractivity contribution in [2.75, 3.05) is 5.32 Å². The molecule has 2 aromatic heterocycles. The molecular weight excluding hydrogens is 379 g/mol. The van der Waals surface area contributed by atoms with Crippen LogP contribution >= 0.6 is 22.7 Å². The first-order chi connectivity index (χ1) is 12.3. The van der Waals surface area contributed by atoms with Crippen molar-refractivity contribution < 1.29 is 13.2 Å². The monoisotopic (exact) mass is 395 g/mol. The summed E-state index contributed by atoms with van der Waals surface area (Å²) in [7, 11) is 0. The number of thiophene rings is 1. The molecule has 1 aliphatic rings. The van der Waals surface area contributed by atoms with E-state index in [1.54, 1.807) is 0 Å². The Morgan fingerprint density at radius 1 is 1.31 bits per heavy atom. The number of rotatable bonds is 3. The van der Waals surface area contributed by atoms with E-state index >= 15 is 0 Å². The van der Waals surface area contributed by atoms with Crippen molar-refractivity contribution in [3.05, 3.63) is 47.0 Å². The highest BCUT2D eigenvalue weighted by Gasteiger charge is 2.43. The van der Waals surface area contributed by atoms with Gasteiger partial charge in [0.25, 0.3) is 0 Å². The summed E-state index contributed by atoms with van der Waals surface area (Å²) in [4.78, 5) is 5.59. The van der Waals surface area contributed by atoms with E-state index in [0.29, 0.717) is 0 Å². The van der Waals surface area contributed by atoms with Gasteiger partial charge in [-0.3, -0.25) is 0 Å². The van der Waals surface area contributed by atoms with Crippen molar-refractivity contribution in [2.24, 2.45) is 0 Å². The zero-order valence-electron chi connectivity index (χ0n) is 13.9. The van der Waals surface area contributed by atoms with Crippen LogP contribution in [0, 0.1) is 0 Å². The summed E-state index contributed by atoms with van der Waals surface area (Å²) in [6.45, 7) is 5.91. The SMILES string of the molecule is C=C(C)Nc1sc2c(c1-c1nc3ccccc3s1)CC(C(F)(F)F)NC2. The molecule has 8 heteroatoms. The Balaban J connectivity index is 1.86. The lowest BCUT2D eigenvalue weighted by atomic mass is 9.98. The maximum absolute atomic E-state index is 13.3. The maximum atomic E-state index is 13.3. The van der Waals surface area contributed by atoms with Crippen molar-refractivity contribution in [3.8, 4) is 10.6 Å². The molecule has 0 amide bonds. The van der Waals surface area contributed by atoms with E-state index in [0.717, 1.165) is 41.9 Å². The Labute approximate surface area is 156 Å². The van der Waals surface area contributed by atoms with Crippen LogP contribution in [0.25, 0.3) is 20.8 Å². The molecule has 0 saturated heterocycles. The Bertz CT molecular complexity index is 954. The van der Waals surface area contributed by atoms with Gasteiger partial charge in [-0.1, -0.05) is 18.7 Å². The molecule has 3 aromatic rings. The molecule has 26 heavy (non-hydrogen) atoms. The molecule has 1 aromatic carbocycles. The minimum absolute atomic E-state index is 0.0849. The normalized spacial score (nSPS) is 17.3. The van der Waals surface area contributed by atoms with E-state index in [9.17, 15) is 13.2 Å². The predicted octanol–water partition coefficient (Wildman–Crippen LogP) is 5.55. The first-order valence-electron chi connectivity index (χ1n) is 8.06. The van der Waals surface area contributed by atoms with Gasteiger partial charge in [0.1, 0.15) is 16.1 Å². The molecule has 1 unspecified atom stereocenters. The Morgan fingerprint density at radius 3 is 2.77 bits per heavy atom. The summed E-state index contributed by atoms with van der Waals surface area (Å²) < 4.78 is 40.8. The first kappa shape index (κ1) is 17.5. The fourth-order valence-electron chi connectivity index (χ4n) is 3.08. The fraction of sp³-hybridized carbons (Fsp3) is 0.278. The number of aromatic nitrogens is 1. The summed E-state index contributed by atoms with van der Waals surface area (Å²) in [5.41, 5.74) is 3.12. The number of para-hydroxylation sites is 1. The van der Waals surface area contributed by atoms with Gasteiger partial charge in [0.15, 0.2) is 0 Å². The van der Waals surface area contributed by atoms with E-state index in [1.165, 1.54) is 22.7 Å². The maximum Gasteiger partial charge on any atom is 0.404 e. The van der Waals surface area contributed by atoms with Gasteiger partial charge in [-0.2, -0.15) is 13.2 Å². The average Bonchev–Trinajstić information content (AvgIpc) is 3.12. The molecule has 0 saturated carbocycles. The third kappa shape index (κ3) is 3.13. The Kier molecular flexibility index (Phi) is 4.29. The van der Waals surface area contributed by atoms with E-state index in [1.807, 2.05) is 31.2 Å². The van der Waals surface area contributed by atoms with Crippen LogP contribution in [-0.2, 0) is 13.0 Å². The molecule has 0 fully saturated rings. The molecule has 3 heterocycles. The standard InChI is InChI=1S/C18H16F3N3S2/c1-9(2)23-16-15(17-24-11-5-3-4-6-12(11)25-17)10-7-14(18(19,20)21)22-8-13(10)26-16/h3-6,14,22-23H,1,7-8H2,2H3. The lowest BCUT2D eigenvalue weighted by molar-refractivity contribution is -0.156. The average molecular weight is 395 g/mol. The number of alkyl halides is 3. The highest BCUT2D eigenvalue weighted by molar-refractivity contribution is 7.22.